The number of fused-ring (bicyclic) bond motifs is 5. The first-order valence-electron chi connectivity index (χ1n) is 14.1. The van der Waals surface area contributed by atoms with Crippen LogP contribution in [0.1, 0.15) is 60.8 Å². The molecule has 2 saturated carbocycles. The smallest absolute Gasteiger partial charge is 0.331 e. The van der Waals surface area contributed by atoms with Crippen molar-refractivity contribution in [3.05, 3.63) is 59.8 Å². The van der Waals surface area contributed by atoms with E-state index in [1.807, 2.05) is 26.0 Å². The molecule has 2 fully saturated rings. The minimum atomic E-state index is -1.96. The highest BCUT2D eigenvalue weighted by Gasteiger charge is 2.87. The number of carbonyl (C=O) groups is 3. The number of ether oxygens (including phenoxy) is 2. The summed E-state index contributed by atoms with van der Waals surface area (Å²) in [6, 6.07) is 0. The highest BCUT2D eigenvalue weighted by atomic mass is 16.6. The van der Waals surface area contributed by atoms with Gasteiger partial charge in [0.15, 0.2) is 11.4 Å². The molecule has 0 aromatic carbocycles. The fourth-order valence-electron chi connectivity index (χ4n) is 7.83. The van der Waals surface area contributed by atoms with E-state index in [0.717, 1.165) is 12.8 Å². The molecule has 8 heteroatoms. The maximum Gasteiger partial charge on any atom is 0.331 e. The van der Waals surface area contributed by atoms with Crippen molar-refractivity contribution in [1.82, 2.24) is 0 Å². The summed E-state index contributed by atoms with van der Waals surface area (Å²) >= 11 is 0. The van der Waals surface area contributed by atoms with Crippen molar-refractivity contribution in [2.45, 2.75) is 83.7 Å². The zero-order chi connectivity index (χ0) is 29.7. The van der Waals surface area contributed by atoms with Gasteiger partial charge in [0.2, 0.25) is 0 Å². The molecule has 40 heavy (non-hydrogen) atoms. The summed E-state index contributed by atoms with van der Waals surface area (Å²) in [5.41, 5.74) is -4.94. The summed E-state index contributed by atoms with van der Waals surface area (Å²) in [7, 11) is 0. The number of unbranched alkanes of at least 4 members (excludes halogenated alkanes) is 1. The van der Waals surface area contributed by atoms with Crippen molar-refractivity contribution in [2.24, 2.45) is 29.1 Å². The van der Waals surface area contributed by atoms with Crippen LogP contribution in [0.2, 0.25) is 0 Å². The van der Waals surface area contributed by atoms with Crippen LogP contribution in [-0.4, -0.2) is 62.6 Å². The van der Waals surface area contributed by atoms with Crippen LogP contribution in [0.5, 0.6) is 0 Å². The predicted octanol–water partition coefficient (Wildman–Crippen LogP) is 3.52. The number of esters is 2. The van der Waals surface area contributed by atoms with Gasteiger partial charge in [-0.3, -0.25) is 9.59 Å². The molecule has 0 spiro atoms. The molecule has 4 aliphatic carbocycles. The topological polar surface area (TPSA) is 130 Å². The fraction of sp³-hybridized carbons (Fsp3) is 0.594. The molecule has 0 amide bonds. The van der Waals surface area contributed by atoms with Crippen LogP contribution in [0.15, 0.2) is 59.8 Å². The Morgan fingerprint density at radius 1 is 1.12 bits per heavy atom. The van der Waals surface area contributed by atoms with Crippen molar-refractivity contribution in [3.8, 4) is 0 Å². The lowest BCUT2D eigenvalue weighted by Crippen LogP contribution is -2.66. The maximum atomic E-state index is 13.2. The standard InChI is InChI=1S/C32H42O8/c1-7-8-9-10-11-12-13-14-25(35)39-28-20(3)31(38)23(26-29(5,6)32(26,28)40-21(4)34)16-22(18-33)17-30(37)24(31)15-19(2)27(30)36/h9-16,20,23-24,26,28,33,37-38H,7-8,17-18H2,1-6H3/b10-9+,12-11+,14-13-/t20-,23+,24-,26-,28-,30-,31-,32-/m1/s1. The summed E-state index contributed by atoms with van der Waals surface area (Å²) in [6.07, 6.45) is 14.4. The molecule has 0 saturated heterocycles. The molecule has 0 aromatic heterocycles. The van der Waals surface area contributed by atoms with Gasteiger partial charge in [0, 0.05) is 48.5 Å². The van der Waals surface area contributed by atoms with Crippen LogP contribution in [0.3, 0.4) is 0 Å². The normalized spacial score (nSPS) is 39.8. The average Bonchev–Trinajstić information content (AvgIpc) is 3.31. The monoisotopic (exact) mass is 554 g/mol. The van der Waals surface area contributed by atoms with Crippen LogP contribution in [0.25, 0.3) is 0 Å². The molecule has 4 aliphatic rings. The van der Waals surface area contributed by atoms with E-state index < -0.39 is 76.3 Å². The van der Waals surface area contributed by atoms with Gasteiger partial charge >= 0.3 is 11.9 Å². The van der Waals surface area contributed by atoms with Gasteiger partial charge in [-0.05, 0) is 24.5 Å². The molecule has 0 radical (unpaired) electrons. The molecule has 218 valence electrons. The Balaban J connectivity index is 1.78. The molecule has 8 atom stereocenters. The van der Waals surface area contributed by atoms with Gasteiger partial charge in [0.1, 0.15) is 11.7 Å². The first-order valence-corrected chi connectivity index (χ1v) is 14.1. The van der Waals surface area contributed by atoms with E-state index in [4.69, 9.17) is 9.47 Å². The molecular formula is C32H42O8. The predicted molar refractivity (Wildman–Crippen MR) is 149 cm³/mol. The number of hydrogen-bond acceptors (Lipinski definition) is 8. The van der Waals surface area contributed by atoms with E-state index in [1.54, 1.807) is 44.2 Å². The Morgan fingerprint density at radius 2 is 1.80 bits per heavy atom. The lowest BCUT2D eigenvalue weighted by Gasteiger charge is -2.53. The van der Waals surface area contributed by atoms with Crippen molar-refractivity contribution < 1.29 is 39.2 Å². The fourth-order valence-corrected chi connectivity index (χ4v) is 7.83. The number of aliphatic hydroxyl groups excluding tert-OH is 1. The highest BCUT2D eigenvalue weighted by molar-refractivity contribution is 6.04. The van der Waals surface area contributed by atoms with Crippen molar-refractivity contribution >= 4 is 17.7 Å². The van der Waals surface area contributed by atoms with Crippen LogP contribution in [0.4, 0.5) is 0 Å². The Labute approximate surface area is 236 Å². The first kappa shape index (κ1) is 30.2. The minimum Gasteiger partial charge on any atom is -0.455 e. The molecule has 0 aromatic rings. The second-order valence-corrected chi connectivity index (χ2v) is 12.3. The largest absolute Gasteiger partial charge is 0.455 e. The second kappa shape index (κ2) is 10.5. The SMILES string of the molecule is CCC/C=C/C=C/C=C\C(=O)O[C@@H]1[C@@H](C)[C@@]2(O)[C@@H](C=C(CO)C[C@]3(O)C(=O)C(C)=C[C@@H]23)[C@@H]2C(C)(C)[C@]12OC(C)=O. The second-order valence-electron chi connectivity index (χ2n) is 12.3. The van der Waals surface area contributed by atoms with Gasteiger partial charge < -0.3 is 24.8 Å². The Hall–Kier alpha value is -2.81. The number of aliphatic hydroxyl groups is 3. The molecule has 4 rings (SSSR count). The quantitative estimate of drug-likeness (QED) is 0.180. The summed E-state index contributed by atoms with van der Waals surface area (Å²) in [4.78, 5) is 38.7. The van der Waals surface area contributed by atoms with Crippen molar-refractivity contribution in [2.75, 3.05) is 6.61 Å². The van der Waals surface area contributed by atoms with Crippen molar-refractivity contribution in [1.29, 1.82) is 0 Å². The number of Topliss-reactive ketones (excluding diaryl/α,β-unsaturated/α-hetero) is 1. The van der Waals surface area contributed by atoms with Crippen LogP contribution < -0.4 is 0 Å². The third-order valence-electron chi connectivity index (χ3n) is 9.67. The van der Waals surface area contributed by atoms with Crippen LogP contribution >= 0.6 is 0 Å². The molecule has 8 nitrogen and oxygen atoms in total. The van der Waals surface area contributed by atoms with E-state index >= 15 is 0 Å². The van der Waals surface area contributed by atoms with E-state index in [9.17, 15) is 29.7 Å². The summed E-state index contributed by atoms with van der Waals surface area (Å²) in [5, 5.41) is 34.6. The minimum absolute atomic E-state index is 0.133. The first-order chi connectivity index (χ1) is 18.7. The molecule has 0 unspecified atom stereocenters. The third kappa shape index (κ3) is 4.35. The average molecular weight is 555 g/mol. The zero-order valence-corrected chi connectivity index (χ0v) is 24.2. The van der Waals surface area contributed by atoms with Gasteiger partial charge in [-0.25, -0.2) is 4.79 Å². The van der Waals surface area contributed by atoms with Gasteiger partial charge in [0.25, 0.3) is 0 Å². The summed E-state index contributed by atoms with van der Waals surface area (Å²) < 4.78 is 12.0. The van der Waals surface area contributed by atoms with Crippen molar-refractivity contribution in [3.63, 3.8) is 0 Å². The van der Waals surface area contributed by atoms with E-state index in [2.05, 4.69) is 6.92 Å². The summed E-state index contributed by atoms with van der Waals surface area (Å²) in [5.74, 6) is -4.80. The van der Waals surface area contributed by atoms with Gasteiger partial charge in [-0.1, -0.05) is 76.6 Å². The van der Waals surface area contributed by atoms with E-state index in [1.165, 1.54) is 13.0 Å². The van der Waals surface area contributed by atoms with Crippen LogP contribution in [0, 0.1) is 29.1 Å². The molecular weight excluding hydrogens is 512 g/mol. The highest BCUT2D eigenvalue weighted by Crippen LogP contribution is 2.77. The Morgan fingerprint density at radius 3 is 2.42 bits per heavy atom. The molecule has 0 heterocycles. The number of ketones is 1. The molecule has 0 aliphatic heterocycles. The molecule has 0 bridgehead atoms. The third-order valence-corrected chi connectivity index (χ3v) is 9.67. The van der Waals surface area contributed by atoms with E-state index in [-0.39, 0.29) is 6.42 Å². The molecule has 3 N–H and O–H groups in total. The van der Waals surface area contributed by atoms with Gasteiger partial charge in [-0.2, -0.15) is 0 Å². The Bertz CT molecular complexity index is 1220. The van der Waals surface area contributed by atoms with Crippen LogP contribution in [-0.2, 0) is 23.9 Å². The van der Waals surface area contributed by atoms with Gasteiger partial charge in [-0.15, -0.1) is 0 Å². The lowest BCUT2D eigenvalue weighted by atomic mass is 9.59. The van der Waals surface area contributed by atoms with Gasteiger partial charge in [0.05, 0.1) is 12.2 Å². The zero-order valence-electron chi connectivity index (χ0n) is 24.2. The van der Waals surface area contributed by atoms with E-state index in [0.29, 0.717) is 11.1 Å². The maximum absolute atomic E-state index is 13.2. The Kier molecular flexibility index (Phi) is 7.95. The number of hydrogen-bond donors (Lipinski definition) is 3. The lowest BCUT2D eigenvalue weighted by molar-refractivity contribution is -0.226. The number of allylic oxidation sites excluding steroid dienone is 5. The summed E-state index contributed by atoms with van der Waals surface area (Å²) in [6.45, 7) is 10.1. The number of carbonyl (C=O) groups excluding carboxylic acids is 3. The number of rotatable bonds is 8.